The van der Waals surface area contributed by atoms with Gasteiger partial charge < -0.3 is 5.32 Å². The molecule has 0 aliphatic rings. The summed E-state index contributed by atoms with van der Waals surface area (Å²) in [5.41, 5.74) is 0.968. The highest BCUT2D eigenvalue weighted by Crippen LogP contribution is 2.24. The number of hydrogen-bond donors (Lipinski definition) is 1. The molecular weight excluding hydrogens is 324 g/mol. The van der Waals surface area contributed by atoms with E-state index in [-0.39, 0.29) is 0 Å². The van der Waals surface area contributed by atoms with Crippen molar-refractivity contribution in [1.29, 1.82) is 0 Å². The monoisotopic (exact) mass is 334 g/mol. The van der Waals surface area contributed by atoms with E-state index in [4.69, 9.17) is 0 Å². The average Bonchev–Trinajstić information content (AvgIpc) is 3.08. The molecule has 19 heavy (non-hydrogen) atoms. The second-order valence-corrected chi connectivity index (χ2v) is 6.43. The number of pyridine rings is 1. The zero-order valence-corrected chi connectivity index (χ0v) is 12.4. The average molecular weight is 335 g/mol. The van der Waals surface area contributed by atoms with Gasteiger partial charge >= 0.3 is 0 Å². The van der Waals surface area contributed by atoms with Crippen molar-refractivity contribution in [1.82, 2.24) is 14.8 Å². The zero-order chi connectivity index (χ0) is 13.1. The van der Waals surface area contributed by atoms with Crippen LogP contribution in [0.15, 0.2) is 52.7 Å². The van der Waals surface area contributed by atoms with Crippen LogP contribution in [0, 0.1) is 0 Å². The third-order valence-corrected chi connectivity index (χ3v) is 4.21. The summed E-state index contributed by atoms with van der Waals surface area (Å²) in [6.07, 6.45) is 5.40. The Morgan fingerprint density at radius 1 is 1.21 bits per heavy atom. The van der Waals surface area contributed by atoms with Crippen LogP contribution < -0.4 is 5.32 Å². The number of nitrogens with one attached hydrogen (secondary N) is 1. The molecule has 4 nitrogen and oxygen atoms in total. The SMILES string of the molecule is Brc1ccc(CNc2cccnc2-n2cccn2)s1. The molecule has 0 bridgehead atoms. The van der Waals surface area contributed by atoms with Gasteiger partial charge in [0.1, 0.15) is 0 Å². The molecule has 6 heteroatoms. The molecule has 3 heterocycles. The first-order chi connectivity index (χ1) is 9.33. The van der Waals surface area contributed by atoms with E-state index in [2.05, 4.69) is 43.5 Å². The van der Waals surface area contributed by atoms with Crippen LogP contribution in [0.4, 0.5) is 5.69 Å². The summed E-state index contributed by atoms with van der Waals surface area (Å²) < 4.78 is 2.90. The molecule has 0 aliphatic carbocycles. The Hall–Kier alpha value is -1.66. The van der Waals surface area contributed by atoms with E-state index in [1.807, 2.05) is 24.4 Å². The van der Waals surface area contributed by atoms with Gasteiger partial charge in [-0.15, -0.1) is 11.3 Å². The normalized spacial score (nSPS) is 10.6. The van der Waals surface area contributed by atoms with Crippen LogP contribution >= 0.6 is 27.3 Å². The molecule has 96 valence electrons. The number of halogens is 1. The highest BCUT2D eigenvalue weighted by atomic mass is 79.9. The first kappa shape index (κ1) is 12.4. The van der Waals surface area contributed by atoms with Gasteiger partial charge in [0.25, 0.3) is 0 Å². The highest BCUT2D eigenvalue weighted by Gasteiger charge is 2.06. The molecule has 0 radical (unpaired) electrons. The van der Waals surface area contributed by atoms with Crippen molar-refractivity contribution in [3.63, 3.8) is 0 Å². The number of anilines is 1. The van der Waals surface area contributed by atoms with Crippen molar-refractivity contribution in [3.05, 3.63) is 57.6 Å². The van der Waals surface area contributed by atoms with Gasteiger partial charge in [0.15, 0.2) is 5.82 Å². The summed E-state index contributed by atoms with van der Waals surface area (Å²) in [4.78, 5) is 5.64. The van der Waals surface area contributed by atoms with E-state index in [0.29, 0.717) is 0 Å². The van der Waals surface area contributed by atoms with Crippen molar-refractivity contribution >= 4 is 33.0 Å². The Bertz CT molecular complexity index is 663. The molecule has 3 aromatic heterocycles. The van der Waals surface area contributed by atoms with Crippen LogP contribution in [0.3, 0.4) is 0 Å². The Kier molecular flexibility index (Phi) is 3.61. The maximum atomic E-state index is 4.37. The summed E-state index contributed by atoms with van der Waals surface area (Å²) in [5, 5.41) is 7.61. The molecule has 1 N–H and O–H groups in total. The molecule has 0 saturated heterocycles. The van der Waals surface area contributed by atoms with Gasteiger partial charge in [-0.3, -0.25) is 0 Å². The molecule has 0 aliphatic heterocycles. The Morgan fingerprint density at radius 3 is 2.89 bits per heavy atom. The predicted molar refractivity (Wildman–Crippen MR) is 80.7 cm³/mol. The summed E-state index contributed by atoms with van der Waals surface area (Å²) in [6.45, 7) is 0.774. The van der Waals surface area contributed by atoms with Crippen LogP contribution in [0.1, 0.15) is 4.88 Å². The maximum Gasteiger partial charge on any atom is 0.176 e. The minimum Gasteiger partial charge on any atom is -0.377 e. The van der Waals surface area contributed by atoms with Gasteiger partial charge in [-0.2, -0.15) is 5.10 Å². The Labute approximate surface area is 123 Å². The van der Waals surface area contributed by atoms with Crippen molar-refractivity contribution < 1.29 is 0 Å². The van der Waals surface area contributed by atoms with E-state index in [1.165, 1.54) is 4.88 Å². The standard InChI is InChI=1S/C13H11BrN4S/c14-12-5-4-10(19-12)9-16-11-3-1-6-15-13(11)18-8-2-7-17-18/h1-8,16H,9H2. The van der Waals surface area contributed by atoms with Gasteiger partial charge in [0.2, 0.25) is 0 Å². The molecular formula is C13H11BrN4S. The lowest BCUT2D eigenvalue weighted by molar-refractivity contribution is 0.846. The van der Waals surface area contributed by atoms with Crippen molar-refractivity contribution in [3.8, 4) is 5.82 Å². The Morgan fingerprint density at radius 2 is 2.16 bits per heavy atom. The van der Waals surface area contributed by atoms with Gasteiger partial charge in [-0.1, -0.05) is 0 Å². The third kappa shape index (κ3) is 2.85. The first-order valence-electron chi connectivity index (χ1n) is 5.76. The predicted octanol–water partition coefficient (Wildman–Crippen LogP) is 3.70. The number of hydrogen-bond acceptors (Lipinski definition) is 4. The summed E-state index contributed by atoms with van der Waals surface area (Å²) in [5.74, 6) is 0.808. The van der Waals surface area contributed by atoms with Crippen molar-refractivity contribution in [2.75, 3.05) is 5.32 Å². The molecule has 0 fully saturated rings. The molecule has 3 aromatic rings. The fourth-order valence-electron chi connectivity index (χ4n) is 1.74. The molecule has 0 spiro atoms. The maximum absolute atomic E-state index is 4.37. The third-order valence-electron chi connectivity index (χ3n) is 2.59. The fourth-order valence-corrected chi connectivity index (χ4v) is 3.16. The van der Waals surface area contributed by atoms with Crippen molar-refractivity contribution in [2.45, 2.75) is 6.54 Å². The van der Waals surface area contributed by atoms with E-state index < -0.39 is 0 Å². The fraction of sp³-hybridized carbons (Fsp3) is 0.0769. The Balaban J connectivity index is 1.81. The van der Waals surface area contributed by atoms with Crippen LogP contribution in [-0.2, 0) is 6.54 Å². The molecule has 3 rings (SSSR count). The van der Waals surface area contributed by atoms with Crippen molar-refractivity contribution in [2.24, 2.45) is 0 Å². The minimum absolute atomic E-state index is 0.774. The minimum atomic E-state index is 0.774. The second kappa shape index (κ2) is 5.54. The second-order valence-electron chi connectivity index (χ2n) is 3.88. The number of aromatic nitrogens is 3. The summed E-state index contributed by atoms with van der Waals surface area (Å²) in [6, 6.07) is 9.96. The number of nitrogens with zero attached hydrogens (tertiary/aromatic N) is 3. The molecule has 0 saturated carbocycles. The molecule has 0 amide bonds. The first-order valence-corrected chi connectivity index (χ1v) is 7.37. The largest absolute Gasteiger partial charge is 0.377 e. The van der Waals surface area contributed by atoms with E-state index in [0.717, 1.165) is 21.8 Å². The van der Waals surface area contributed by atoms with E-state index in [9.17, 15) is 0 Å². The molecule has 0 aromatic carbocycles. The van der Waals surface area contributed by atoms with Crippen LogP contribution in [0.25, 0.3) is 5.82 Å². The number of rotatable bonds is 4. The van der Waals surface area contributed by atoms with Gasteiger partial charge in [0.05, 0.1) is 9.47 Å². The zero-order valence-electron chi connectivity index (χ0n) is 9.95. The lowest BCUT2D eigenvalue weighted by Crippen LogP contribution is -2.05. The molecule has 0 unspecified atom stereocenters. The van der Waals surface area contributed by atoms with Crippen LogP contribution in [0.5, 0.6) is 0 Å². The van der Waals surface area contributed by atoms with Gasteiger partial charge in [-0.25, -0.2) is 9.67 Å². The quantitative estimate of drug-likeness (QED) is 0.790. The number of thiophene rings is 1. The van der Waals surface area contributed by atoms with Gasteiger partial charge in [0, 0.05) is 30.0 Å². The topological polar surface area (TPSA) is 42.7 Å². The van der Waals surface area contributed by atoms with Crippen LogP contribution in [0.2, 0.25) is 0 Å². The van der Waals surface area contributed by atoms with E-state index >= 15 is 0 Å². The smallest absolute Gasteiger partial charge is 0.176 e. The highest BCUT2D eigenvalue weighted by molar-refractivity contribution is 9.11. The lowest BCUT2D eigenvalue weighted by atomic mass is 10.3. The summed E-state index contributed by atoms with van der Waals surface area (Å²) in [7, 11) is 0. The lowest BCUT2D eigenvalue weighted by Gasteiger charge is -2.09. The molecule has 0 atom stereocenters. The van der Waals surface area contributed by atoms with Gasteiger partial charge in [-0.05, 0) is 46.3 Å². The summed E-state index contributed by atoms with van der Waals surface area (Å²) >= 11 is 5.19. The van der Waals surface area contributed by atoms with E-state index in [1.54, 1.807) is 28.4 Å². The van der Waals surface area contributed by atoms with Crippen LogP contribution in [-0.4, -0.2) is 14.8 Å².